The van der Waals surface area contributed by atoms with Gasteiger partial charge in [-0.1, -0.05) is 19.3 Å². The largest absolute Gasteiger partial charge is 0.389 e. The van der Waals surface area contributed by atoms with Crippen LogP contribution in [0.2, 0.25) is 0 Å². The molecule has 0 spiro atoms. The van der Waals surface area contributed by atoms with Gasteiger partial charge in [0.15, 0.2) is 0 Å². The van der Waals surface area contributed by atoms with Crippen LogP contribution < -0.4 is 5.73 Å². The lowest BCUT2D eigenvalue weighted by atomic mass is 9.73. The van der Waals surface area contributed by atoms with Gasteiger partial charge in [-0.05, 0) is 33.6 Å². The summed E-state index contributed by atoms with van der Waals surface area (Å²) in [7, 11) is 0. The summed E-state index contributed by atoms with van der Waals surface area (Å²) in [4.78, 5) is 14.5. The Morgan fingerprint density at radius 3 is 2.28 bits per heavy atom. The van der Waals surface area contributed by atoms with Crippen LogP contribution in [0.3, 0.4) is 0 Å². The summed E-state index contributed by atoms with van der Waals surface area (Å²) in [6.07, 6.45) is 5.16. The van der Waals surface area contributed by atoms with E-state index in [1.807, 2.05) is 6.92 Å². The monoisotopic (exact) mass is 256 g/mol. The van der Waals surface area contributed by atoms with Crippen molar-refractivity contribution in [2.45, 2.75) is 58.5 Å². The van der Waals surface area contributed by atoms with Gasteiger partial charge in [-0.2, -0.15) is 0 Å². The summed E-state index contributed by atoms with van der Waals surface area (Å²) >= 11 is 0. The zero-order valence-corrected chi connectivity index (χ0v) is 12.0. The first kappa shape index (κ1) is 15.4. The molecule has 0 aliphatic heterocycles. The number of nitrogens with two attached hydrogens (primary N) is 1. The molecule has 0 radical (unpaired) electrons. The number of hydrogen-bond donors (Lipinski definition) is 2. The van der Waals surface area contributed by atoms with Crippen molar-refractivity contribution in [1.82, 2.24) is 4.90 Å². The van der Waals surface area contributed by atoms with Crippen LogP contribution in [-0.2, 0) is 4.79 Å². The van der Waals surface area contributed by atoms with E-state index in [0.717, 1.165) is 25.7 Å². The van der Waals surface area contributed by atoms with Crippen molar-refractivity contribution in [3.05, 3.63) is 0 Å². The molecule has 0 aromatic carbocycles. The Kier molecular flexibility index (Phi) is 5.17. The van der Waals surface area contributed by atoms with Crippen molar-refractivity contribution in [3.63, 3.8) is 0 Å². The van der Waals surface area contributed by atoms with Gasteiger partial charge in [0.05, 0.1) is 11.0 Å². The lowest BCUT2D eigenvalue weighted by Gasteiger charge is -2.40. The highest BCUT2D eigenvalue weighted by atomic mass is 16.3. The van der Waals surface area contributed by atoms with Gasteiger partial charge in [0, 0.05) is 19.6 Å². The van der Waals surface area contributed by atoms with Crippen molar-refractivity contribution >= 4 is 5.91 Å². The van der Waals surface area contributed by atoms with Gasteiger partial charge in [-0.3, -0.25) is 4.79 Å². The van der Waals surface area contributed by atoms with Crippen molar-refractivity contribution < 1.29 is 9.90 Å². The predicted molar refractivity (Wildman–Crippen MR) is 73.1 cm³/mol. The second-order valence-electron chi connectivity index (χ2n) is 6.18. The number of likely N-dealkylation sites (N-methyl/N-ethyl adjacent to an activating group) is 1. The fourth-order valence-electron chi connectivity index (χ4n) is 2.86. The second-order valence-corrected chi connectivity index (χ2v) is 6.18. The fraction of sp³-hybridized carbons (Fsp3) is 0.929. The van der Waals surface area contributed by atoms with Crippen molar-refractivity contribution in [2.24, 2.45) is 11.1 Å². The standard InChI is InChI=1S/C14H28N2O2/c1-4-16(11-13(2,3)18)12(17)14(10-15)8-6-5-7-9-14/h18H,4-11,15H2,1-3H3. The molecule has 0 saturated heterocycles. The van der Waals surface area contributed by atoms with Gasteiger partial charge >= 0.3 is 0 Å². The quantitative estimate of drug-likeness (QED) is 0.783. The molecule has 0 unspecified atom stereocenters. The summed E-state index contributed by atoms with van der Waals surface area (Å²) < 4.78 is 0. The van der Waals surface area contributed by atoms with Gasteiger partial charge in [0.2, 0.25) is 5.91 Å². The Balaban J connectivity index is 2.80. The molecule has 3 N–H and O–H groups in total. The van der Waals surface area contributed by atoms with Crippen LogP contribution in [0.5, 0.6) is 0 Å². The number of hydrogen-bond acceptors (Lipinski definition) is 3. The molecule has 1 fully saturated rings. The fourth-order valence-corrected chi connectivity index (χ4v) is 2.86. The third kappa shape index (κ3) is 3.69. The zero-order valence-electron chi connectivity index (χ0n) is 12.0. The SMILES string of the molecule is CCN(CC(C)(C)O)C(=O)C1(CN)CCCCC1. The predicted octanol–water partition coefficient (Wildman–Crippen LogP) is 1.51. The molecule has 1 aliphatic carbocycles. The second kappa shape index (κ2) is 6.02. The lowest BCUT2D eigenvalue weighted by molar-refractivity contribution is -0.146. The van der Waals surface area contributed by atoms with Crippen molar-refractivity contribution in [2.75, 3.05) is 19.6 Å². The van der Waals surface area contributed by atoms with E-state index in [2.05, 4.69) is 0 Å². The minimum absolute atomic E-state index is 0.134. The number of carbonyl (C=O) groups is 1. The molecule has 0 aromatic rings. The number of amides is 1. The Bertz CT molecular complexity index is 278. The highest BCUT2D eigenvalue weighted by molar-refractivity contribution is 5.83. The van der Waals surface area contributed by atoms with Crippen molar-refractivity contribution in [1.29, 1.82) is 0 Å². The van der Waals surface area contributed by atoms with E-state index < -0.39 is 5.60 Å². The number of nitrogens with zero attached hydrogens (tertiary/aromatic N) is 1. The number of rotatable bonds is 5. The van der Waals surface area contributed by atoms with E-state index in [4.69, 9.17) is 5.73 Å². The molecule has 4 heteroatoms. The molecule has 0 bridgehead atoms. The van der Waals surface area contributed by atoms with E-state index in [0.29, 0.717) is 19.6 Å². The van der Waals surface area contributed by atoms with E-state index in [1.54, 1.807) is 18.7 Å². The summed E-state index contributed by atoms with van der Waals surface area (Å²) in [5.41, 5.74) is 4.66. The minimum atomic E-state index is -0.851. The third-order valence-electron chi connectivity index (χ3n) is 3.90. The third-order valence-corrected chi connectivity index (χ3v) is 3.90. The zero-order chi connectivity index (χ0) is 13.8. The molecule has 18 heavy (non-hydrogen) atoms. The average molecular weight is 256 g/mol. The van der Waals surface area contributed by atoms with Crippen LogP contribution in [0.4, 0.5) is 0 Å². The van der Waals surface area contributed by atoms with Gasteiger partial charge in [0.25, 0.3) is 0 Å². The molecule has 1 saturated carbocycles. The Morgan fingerprint density at radius 2 is 1.89 bits per heavy atom. The number of carbonyl (C=O) groups excluding carboxylic acids is 1. The van der Waals surface area contributed by atoms with Crippen LogP contribution >= 0.6 is 0 Å². The normalized spacial score (nSPS) is 19.6. The molecule has 1 aliphatic rings. The maximum atomic E-state index is 12.7. The summed E-state index contributed by atoms with van der Waals surface area (Å²) in [6, 6.07) is 0. The first-order chi connectivity index (χ1) is 8.34. The minimum Gasteiger partial charge on any atom is -0.389 e. The summed E-state index contributed by atoms with van der Waals surface area (Å²) in [5, 5.41) is 9.90. The topological polar surface area (TPSA) is 66.6 Å². The first-order valence-electron chi connectivity index (χ1n) is 7.06. The molecular formula is C14H28N2O2. The molecule has 4 nitrogen and oxygen atoms in total. The van der Waals surface area contributed by atoms with Gasteiger partial charge < -0.3 is 15.7 Å². The van der Waals surface area contributed by atoms with E-state index in [9.17, 15) is 9.90 Å². The van der Waals surface area contributed by atoms with Crippen LogP contribution in [0, 0.1) is 5.41 Å². The van der Waals surface area contributed by atoms with Crippen LogP contribution in [-0.4, -0.2) is 41.1 Å². The molecule has 0 heterocycles. The first-order valence-corrected chi connectivity index (χ1v) is 7.06. The maximum Gasteiger partial charge on any atom is 0.230 e. The van der Waals surface area contributed by atoms with Crippen LogP contribution in [0.15, 0.2) is 0 Å². The Labute approximate surface area is 111 Å². The van der Waals surface area contributed by atoms with E-state index in [-0.39, 0.29) is 11.3 Å². The highest BCUT2D eigenvalue weighted by Crippen LogP contribution is 2.37. The summed E-state index contributed by atoms with van der Waals surface area (Å²) in [5.74, 6) is 0.134. The lowest BCUT2D eigenvalue weighted by Crippen LogP contribution is -2.52. The Hall–Kier alpha value is -0.610. The molecule has 1 rings (SSSR count). The number of aliphatic hydroxyl groups is 1. The van der Waals surface area contributed by atoms with E-state index >= 15 is 0 Å². The maximum absolute atomic E-state index is 12.7. The molecule has 1 amide bonds. The smallest absolute Gasteiger partial charge is 0.230 e. The van der Waals surface area contributed by atoms with Gasteiger partial charge in [0.1, 0.15) is 0 Å². The average Bonchev–Trinajstić information content (AvgIpc) is 2.35. The highest BCUT2D eigenvalue weighted by Gasteiger charge is 2.41. The molecule has 0 aromatic heterocycles. The molecular weight excluding hydrogens is 228 g/mol. The van der Waals surface area contributed by atoms with Crippen LogP contribution in [0.25, 0.3) is 0 Å². The van der Waals surface area contributed by atoms with E-state index in [1.165, 1.54) is 6.42 Å². The molecule has 106 valence electrons. The molecule has 0 atom stereocenters. The summed E-state index contributed by atoms with van der Waals surface area (Å²) in [6.45, 7) is 6.86. The van der Waals surface area contributed by atoms with Gasteiger partial charge in [-0.15, -0.1) is 0 Å². The van der Waals surface area contributed by atoms with Gasteiger partial charge in [-0.25, -0.2) is 0 Å². The Morgan fingerprint density at radius 1 is 1.33 bits per heavy atom. The van der Waals surface area contributed by atoms with Crippen molar-refractivity contribution in [3.8, 4) is 0 Å². The van der Waals surface area contributed by atoms with Crippen LogP contribution in [0.1, 0.15) is 52.9 Å².